The lowest BCUT2D eigenvalue weighted by Crippen LogP contribution is -2.01. The Labute approximate surface area is 108 Å². The molecule has 0 atom stereocenters. The lowest BCUT2D eigenvalue weighted by Gasteiger charge is -2.12. The molecule has 7 heteroatoms. The van der Waals surface area contributed by atoms with Gasteiger partial charge in [-0.2, -0.15) is 9.37 Å². The second-order valence-electron chi connectivity index (χ2n) is 3.46. The highest BCUT2D eigenvalue weighted by atomic mass is 19.2. The molecule has 0 saturated heterocycles. The quantitative estimate of drug-likeness (QED) is 0.922. The van der Waals surface area contributed by atoms with Crippen LogP contribution in [0.5, 0.6) is 17.4 Å². The summed E-state index contributed by atoms with van der Waals surface area (Å²) >= 11 is 0. The first-order chi connectivity index (χ1) is 9.17. The van der Waals surface area contributed by atoms with Gasteiger partial charge in [0.2, 0.25) is 11.6 Å². The lowest BCUT2D eigenvalue weighted by atomic mass is 10.3. The fraction of sp³-hybridized carbons (Fsp3) is 0.167. The molecule has 0 spiro atoms. The zero-order valence-corrected chi connectivity index (χ0v) is 10.3. The van der Waals surface area contributed by atoms with E-state index in [1.165, 1.54) is 25.6 Å². The Kier molecular flexibility index (Phi) is 3.74. The molecule has 0 bridgehead atoms. The van der Waals surface area contributed by atoms with Crippen LogP contribution in [0.3, 0.4) is 0 Å². The van der Waals surface area contributed by atoms with Crippen LogP contribution in [0.4, 0.5) is 14.6 Å². The summed E-state index contributed by atoms with van der Waals surface area (Å²) in [6, 6.07) is 3.62. The van der Waals surface area contributed by atoms with Crippen LogP contribution in [-0.2, 0) is 0 Å². The van der Waals surface area contributed by atoms with Crippen molar-refractivity contribution in [3.63, 3.8) is 0 Å². The van der Waals surface area contributed by atoms with E-state index >= 15 is 0 Å². The topological polar surface area (TPSA) is 56.3 Å². The van der Waals surface area contributed by atoms with Gasteiger partial charge in [-0.1, -0.05) is 6.07 Å². The van der Waals surface area contributed by atoms with Crippen molar-refractivity contribution < 1.29 is 18.3 Å². The Balaban J connectivity index is 2.41. The zero-order chi connectivity index (χ0) is 13.8. The van der Waals surface area contributed by atoms with Gasteiger partial charge in [0.25, 0.3) is 5.88 Å². The minimum absolute atomic E-state index is 0.00801. The van der Waals surface area contributed by atoms with E-state index < -0.39 is 11.6 Å². The van der Waals surface area contributed by atoms with E-state index in [9.17, 15) is 8.78 Å². The summed E-state index contributed by atoms with van der Waals surface area (Å²) in [5, 5.41) is 2.77. The van der Waals surface area contributed by atoms with Crippen molar-refractivity contribution in [3.05, 3.63) is 36.2 Å². The predicted octanol–water partition coefficient (Wildman–Crippen LogP) is 2.60. The first-order valence-corrected chi connectivity index (χ1v) is 5.36. The summed E-state index contributed by atoms with van der Waals surface area (Å²) in [6.07, 6.45) is 1.22. The summed E-state index contributed by atoms with van der Waals surface area (Å²) in [5.41, 5.74) is 0. The largest absolute Gasteiger partial charge is 0.489 e. The number of hydrogen-bond donors (Lipinski definition) is 1. The molecule has 1 heterocycles. The monoisotopic (exact) mass is 267 g/mol. The molecule has 2 rings (SSSR count). The second-order valence-corrected chi connectivity index (χ2v) is 3.46. The summed E-state index contributed by atoms with van der Waals surface area (Å²) < 4.78 is 36.9. The molecular formula is C12H11F2N3O2. The molecule has 0 aliphatic carbocycles. The van der Waals surface area contributed by atoms with Crippen molar-refractivity contribution in [2.24, 2.45) is 0 Å². The number of nitrogens with one attached hydrogen (secondary N) is 1. The van der Waals surface area contributed by atoms with E-state index in [-0.39, 0.29) is 17.4 Å². The Bertz CT molecular complexity index is 593. The number of nitrogens with zero attached hydrogens (tertiary/aromatic N) is 2. The van der Waals surface area contributed by atoms with E-state index in [1.54, 1.807) is 7.05 Å². The van der Waals surface area contributed by atoms with Gasteiger partial charge in [0.05, 0.1) is 7.11 Å². The standard InChI is InChI=1S/C12H11F2N3O2/c1-15-11-10(18-2)12(17-6-16-11)19-8-5-3-4-7(13)9(8)14/h3-6H,1-2H3,(H,15,16,17). The number of halogens is 2. The second kappa shape index (κ2) is 5.47. The molecule has 2 aromatic rings. The molecule has 1 N–H and O–H groups in total. The smallest absolute Gasteiger partial charge is 0.268 e. The number of anilines is 1. The normalized spacial score (nSPS) is 10.1. The molecule has 5 nitrogen and oxygen atoms in total. The Morgan fingerprint density at radius 2 is 2.00 bits per heavy atom. The SMILES string of the molecule is CNc1ncnc(Oc2cccc(F)c2F)c1OC. The third-order valence-electron chi connectivity index (χ3n) is 2.33. The van der Waals surface area contributed by atoms with E-state index in [0.717, 1.165) is 6.07 Å². The van der Waals surface area contributed by atoms with E-state index in [1.807, 2.05) is 0 Å². The van der Waals surface area contributed by atoms with Crippen molar-refractivity contribution >= 4 is 5.82 Å². The van der Waals surface area contributed by atoms with Crippen LogP contribution < -0.4 is 14.8 Å². The molecule has 0 amide bonds. The number of ether oxygens (including phenoxy) is 2. The van der Waals surface area contributed by atoms with Crippen molar-refractivity contribution in [1.29, 1.82) is 0 Å². The highest BCUT2D eigenvalue weighted by Gasteiger charge is 2.16. The highest BCUT2D eigenvalue weighted by Crippen LogP contribution is 2.34. The highest BCUT2D eigenvalue weighted by molar-refractivity contribution is 5.55. The molecule has 0 radical (unpaired) electrons. The molecular weight excluding hydrogens is 256 g/mol. The van der Waals surface area contributed by atoms with Gasteiger partial charge in [0.1, 0.15) is 6.33 Å². The predicted molar refractivity (Wildman–Crippen MR) is 64.6 cm³/mol. The van der Waals surface area contributed by atoms with Crippen LogP contribution in [0.15, 0.2) is 24.5 Å². The number of rotatable bonds is 4. The maximum Gasteiger partial charge on any atom is 0.268 e. The Hall–Kier alpha value is -2.44. The van der Waals surface area contributed by atoms with Crippen LogP contribution in [-0.4, -0.2) is 24.1 Å². The van der Waals surface area contributed by atoms with Gasteiger partial charge in [0, 0.05) is 7.05 Å². The summed E-state index contributed by atoms with van der Waals surface area (Å²) in [4.78, 5) is 7.75. The van der Waals surface area contributed by atoms with Gasteiger partial charge < -0.3 is 14.8 Å². The van der Waals surface area contributed by atoms with Crippen molar-refractivity contribution in [2.75, 3.05) is 19.5 Å². The van der Waals surface area contributed by atoms with Crippen molar-refractivity contribution in [2.45, 2.75) is 0 Å². The van der Waals surface area contributed by atoms with Crippen LogP contribution in [0.1, 0.15) is 0 Å². The maximum atomic E-state index is 13.5. The molecule has 0 aliphatic rings. The Morgan fingerprint density at radius 3 is 2.68 bits per heavy atom. The molecule has 1 aromatic carbocycles. The fourth-order valence-electron chi connectivity index (χ4n) is 1.46. The number of hydrogen-bond acceptors (Lipinski definition) is 5. The molecule has 1 aromatic heterocycles. The lowest BCUT2D eigenvalue weighted by molar-refractivity contribution is 0.355. The van der Waals surface area contributed by atoms with Crippen LogP contribution in [0, 0.1) is 11.6 Å². The average molecular weight is 267 g/mol. The number of benzene rings is 1. The van der Waals surface area contributed by atoms with E-state index in [0.29, 0.717) is 5.82 Å². The van der Waals surface area contributed by atoms with Crippen LogP contribution in [0.25, 0.3) is 0 Å². The summed E-state index contributed by atoms with van der Waals surface area (Å²) in [5.74, 6) is -1.79. The number of methoxy groups -OCH3 is 1. The third-order valence-corrected chi connectivity index (χ3v) is 2.33. The van der Waals surface area contributed by atoms with Gasteiger partial charge in [-0.05, 0) is 12.1 Å². The molecule has 0 fully saturated rings. The third kappa shape index (κ3) is 2.54. The average Bonchev–Trinajstić information content (AvgIpc) is 2.43. The van der Waals surface area contributed by atoms with E-state index in [2.05, 4.69) is 15.3 Å². The Morgan fingerprint density at radius 1 is 1.21 bits per heavy atom. The van der Waals surface area contributed by atoms with Crippen LogP contribution in [0.2, 0.25) is 0 Å². The fourth-order valence-corrected chi connectivity index (χ4v) is 1.46. The van der Waals surface area contributed by atoms with Gasteiger partial charge in [0.15, 0.2) is 17.4 Å². The minimum atomic E-state index is -1.09. The molecule has 100 valence electrons. The first kappa shape index (κ1) is 13.0. The zero-order valence-electron chi connectivity index (χ0n) is 10.3. The number of aromatic nitrogens is 2. The maximum absolute atomic E-state index is 13.5. The van der Waals surface area contributed by atoms with E-state index in [4.69, 9.17) is 9.47 Å². The van der Waals surface area contributed by atoms with Crippen LogP contribution >= 0.6 is 0 Å². The summed E-state index contributed by atoms with van der Waals surface area (Å²) in [7, 11) is 3.03. The minimum Gasteiger partial charge on any atom is -0.489 e. The molecule has 0 aliphatic heterocycles. The van der Waals surface area contributed by atoms with Crippen molar-refractivity contribution in [1.82, 2.24) is 9.97 Å². The van der Waals surface area contributed by atoms with Gasteiger partial charge in [-0.3, -0.25) is 0 Å². The van der Waals surface area contributed by atoms with Gasteiger partial charge in [-0.25, -0.2) is 9.37 Å². The van der Waals surface area contributed by atoms with Gasteiger partial charge in [-0.15, -0.1) is 0 Å². The van der Waals surface area contributed by atoms with Gasteiger partial charge >= 0.3 is 0 Å². The molecule has 0 unspecified atom stereocenters. The molecule has 19 heavy (non-hydrogen) atoms. The summed E-state index contributed by atoms with van der Waals surface area (Å²) in [6.45, 7) is 0. The van der Waals surface area contributed by atoms with Crippen molar-refractivity contribution in [3.8, 4) is 17.4 Å². The first-order valence-electron chi connectivity index (χ1n) is 5.36. The molecule has 0 saturated carbocycles.